The van der Waals surface area contributed by atoms with Crippen molar-refractivity contribution >= 4 is 58.0 Å². The number of H-pyrrole nitrogens is 1. The molecule has 0 radical (unpaired) electrons. The third kappa shape index (κ3) is 7.22. The summed E-state index contributed by atoms with van der Waals surface area (Å²) in [6.45, 7) is 0.234. The van der Waals surface area contributed by atoms with E-state index in [0.717, 1.165) is 22.0 Å². The summed E-state index contributed by atoms with van der Waals surface area (Å²) in [7, 11) is 1.70. The van der Waals surface area contributed by atoms with E-state index >= 15 is 0 Å². The number of nitrogens with zero attached hydrogens (tertiary/aromatic N) is 2. The first kappa shape index (κ1) is 28.6. The number of amides is 3. The number of pyridine rings is 1. The van der Waals surface area contributed by atoms with Gasteiger partial charge in [-0.15, -0.1) is 0 Å². The molecule has 5 aromatic rings. The summed E-state index contributed by atoms with van der Waals surface area (Å²) in [5.41, 5.74) is 10.1. The Labute approximate surface area is 247 Å². The van der Waals surface area contributed by atoms with Crippen molar-refractivity contribution in [3.05, 3.63) is 113 Å². The van der Waals surface area contributed by atoms with Gasteiger partial charge >= 0.3 is 0 Å². The second kappa shape index (κ2) is 12.7. The van der Waals surface area contributed by atoms with E-state index in [4.69, 9.17) is 11.1 Å². The second-order valence-corrected chi connectivity index (χ2v) is 9.88. The smallest absolute Gasteiger partial charge is 0.272 e. The molecule has 3 aromatic heterocycles. The van der Waals surface area contributed by atoms with Gasteiger partial charge in [-0.1, -0.05) is 42.5 Å². The zero-order chi connectivity index (χ0) is 30.3. The number of aromatic amines is 1. The molecular weight excluding hydrogens is 544 g/mol. The van der Waals surface area contributed by atoms with Crippen LogP contribution in [0, 0.1) is 5.41 Å². The quantitative estimate of drug-likeness (QED) is 0.105. The van der Waals surface area contributed by atoms with E-state index in [0.29, 0.717) is 22.6 Å². The van der Waals surface area contributed by atoms with Crippen molar-refractivity contribution in [1.82, 2.24) is 19.9 Å². The van der Waals surface area contributed by atoms with Crippen LogP contribution in [0.1, 0.15) is 48.9 Å². The maximum atomic E-state index is 12.9. The average Bonchev–Trinajstić information content (AvgIpc) is 3.62. The van der Waals surface area contributed by atoms with Gasteiger partial charge in [0.25, 0.3) is 17.7 Å². The summed E-state index contributed by atoms with van der Waals surface area (Å²) in [4.78, 5) is 45.3. The topological polar surface area (TPSA) is 171 Å². The van der Waals surface area contributed by atoms with E-state index in [1.807, 2.05) is 54.7 Å². The van der Waals surface area contributed by atoms with Gasteiger partial charge in [0.2, 0.25) is 0 Å². The van der Waals surface area contributed by atoms with Gasteiger partial charge in [-0.25, -0.2) is 0 Å². The SMILES string of the molecule is Cn1cc(NC(=O)c2ccc(/C=C/c3cnc4ccccc4c3)cc2)cc1C(=O)Nc1c[nH]c(C(=O)NCCC(=N)N)c1. The van der Waals surface area contributed by atoms with Crippen LogP contribution in [0.4, 0.5) is 11.4 Å². The summed E-state index contributed by atoms with van der Waals surface area (Å²) in [5.74, 6) is -1.12. The molecule has 5 rings (SSSR count). The molecule has 0 atom stereocenters. The highest BCUT2D eigenvalue weighted by molar-refractivity contribution is 6.07. The van der Waals surface area contributed by atoms with Crippen LogP contribution >= 0.6 is 0 Å². The van der Waals surface area contributed by atoms with Crippen LogP contribution in [-0.4, -0.2) is 44.6 Å². The lowest BCUT2D eigenvalue weighted by Crippen LogP contribution is -2.27. The molecule has 0 spiro atoms. The zero-order valence-corrected chi connectivity index (χ0v) is 23.3. The molecule has 0 saturated carbocycles. The number of benzene rings is 2. The monoisotopic (exact) mass is 574 g/mol. The molecule has 0 aliphatic carbocycles. The van der Waals surface area contributed by atoms with Gasteiger partial charge in [0.15, 0.2) is 0 Å². The Morgan fingerprint density at radius 3 is 2.47 bits per heavy atom. The molecule has 0 bridgehead atoms. The molecule has 7 N–H and O–H groups in total. The fourth-order valence-corrected chi connectivity index (χ4v) is 4.38. The minimum Gasteiger partial charge on any atom is -0.388 e. The molecule has 0 aliphatic heterocycles. The largest absolute Gasteiger partial charge is 0.388 e. The molecule has 216 valence electrons. The first-order valence-electron chi connectivity index (χ1n) is 13.5. The fourth-order valence-electron chi connectivity index (χ4n) is 4.38. The van der Waals surface area contributed by atoms with E-state index < -0.39 is 5.91 Å². The highest BCUT2D eigenvalue weighted by Gasteiger charge is 2.16. The molecule has 0 saturated heterocycles. The van der Waals surface area contributed by atoms with Crippen molar-refractivity contribution in [2.45, 2.75) is 6.42 Å². The van der Waals surface area contributed by atoms with E-state index in [-0.39, 0.29) is 36.3 Å². The third-order valence-corrected chi connectivity index (χ3v) is 6.61. The Bertz CT molecular complexity index is 1850. The van der Waals surface area contributed by atoms with E-state index in [1.54, 1.807) is 36.0 Å². The zero-order valence-electron chi connectivity index (χ0n) is 23.3. The van der Waals surface area contributed by atoms with Gasteiger partial charge in [0.05, 0.1) is 22.7 Å². The number of nitrogens with two attached hydrogens (primary N) is 1. The predicted molar refractivity (Wildman–Crippen MR) is 168 cm³/mol. The molecule has 2 aromatic carbocycles. The molecule has 11 nitrogen and oxygen atoms in total. The van der Waals surface area contributed by atoms with Gasteiger partial charge in [0.1, 0.15) is 11.4 Å². The number of hydrogen-bond acceptors (Lipinski definition) is 5. The molecule has 0 aliphatic rings. The van der Waals surface area contributed by atoms with Gasteiger partial charge in [-0.3, -0.25) is 24.8 Å². The van der Waals surface area contributed by atoms with Crippen LogP contribution in [0.3, 0.4) is 0 Å². The second-order valence-electron chi connectivity index (χ2n) is 9.88. The van der Waals surface area contributed by atoms with Gasteiger partial charge in [-0.2, -0.15) is 0 Å². The Morgan fingerprint density at radius 1 is 0.930 bits per heavy atom. The van der Waals surface area contributed by atoms with Crippen LogP contribution in [0.15, 0.2) is 85.3 Å². The van der Waals surface area contributed by atoms with Crippen molar-refractivity contribution in [3.63, 3.8) is 0 Å². The lowest BCUT2D eigenvalue weighted by atomic mass is 10.1. The van der Waals surface area contributed by atoms with E-state index in [1.165, 1.54) is 12.3 Å². The molecule has 0 fully saturated rings. The van der Waals surface area contributed by atoms with Crippen LogP contribution in [0.5, 0.6) is 0 Å². The number of para-hydroxylation sites is 1. The van der Waals surface area contributed by atoms with Crippen LogP contribution < -0.4 is 21.7 Å². The first-order chi connectivity index (χ1) is 20.7. The van der Waals surface area contributed by atoms with Crippen molar-refractivity contribution < 1.29 is 14.4 Å². The Balaban J connectivity index is 1.17. The fraction of sp³-hybridized carbons (Fsp3) is 0.0938. The summed E-state index contributed by atoms with van der Waals surface area (Å²) in [5, 5.41) is 16.5. The van der Waals surface area contributed by atoms with Crippen molar-refractivity contribution in [1.29, 1.82) is 5.41 Å². The lowest BCUT2D eigenvalue weighted by Gasteiger charge is -2.04. The van der Waals surface area contributed by atoms with Crippen LogP contribution in [-0.2, 0) is 7.05 Å². The number of hydrogen-bond donors (Lipinski definition) is 6. The number of aryl methyl sites for hydroxylation is 1. The number of nitrogens with one attached hydrogen (secondary N) is 5. The summed E-state index contributed by atoms with van der Waals surface area (Å²) < 4.78 is 1.60. The number of fused-ring (bicyclic) bond motifs is 1. The number of amidine groups is 1. The van der Waals surface area contributed by atoms with Gasteiger partial charge in [0, 0.05) is 49.6 Å². The molecular formula is C32H30N8O3. The van der Waals surface area contributed by atoms with E-state index in [2.05, 4.69) is 32.0 Å². The predicted octanol–water partition coefficient (Wildman–Crippen LogP) is 4.63. The van der Waals surface area contributed by atoms with Gasteiger partial charge < -0.3 is 31.2 Å². The maximum Gasteiger partial charge on any atom is 0.272 e. The number of carbonyl (C=O) groups is 3. The maximum absolute atomic E-state index is 12.9. The van der Waals surface area contributed by atoms with Crippen molar-refractivity contribution in [2.75, 3.05) is 17.2 Å². The minimum absolute atomic E-state index is 0.0186. The normalized spacial score (nSPS) is 11.0. The van der Waals surface area contributed by atoms with Crippen LogP contribution in [0.2, 0.25) is 0 Å². The summed E-state index contributed by atoms with van der Waals surface area (Å²) >= 11 is 0. The average molecular weight is 575 g/mol. The first-order valence-corrected chi connectivity index (χ1v) is 13.5. The van der Waals surface area contributed by atoms with Crippen molar-refractivity contribution in [2.24, 2.45) is 12.8 Å². The number of anilines is 2. The lowest BCUT2D eigenvalue weighted by molar-refractivity contribution is 0.0948. The Morgan fingerprint density at radius 2 is 1.67 bits per heavy atom. The minimum atomic E-state index is -0.414. The molecule has 43 heavy (non-hydrogen) atoms. The van der Waals surface area contributed by atoms with Crippen LogP contribution in [0.25, 0.3) is 23.1 Å². The third-order valence-electron chi connectivity index (χ3n) is 6.61. The standard InChI is InChI=1S/C32H30N8O3/c1-40-19-25(16-28(40)32(43)38-24-15-27(37-18-24)31(42)35-13-12-29(33)34)39-30(41)22-10-8-20(9-11-22)6-7-21-14-23-4-2-3-5-26(23)36-17-21/h2-11,14-19,37H,12-13H2,1H3,(H3,33,34)(H,35,42)(H,38,43)(H,39,41)/b7-6+. The highest BCUT2D eigenvalue weighted by atomic mass is 16.2. The summed E-state index contributed by atoms with van der Waals surface area (Å²) in [6.07, 6.45) is 9.15. The number of rotatable bonds is 10. The molecule has 3 heterocycles. The molecule has 3 amide bonds. The van der Waals surface area contributed by atoms with Crippen molar-refractivity contribution in [3.8, 4) is 0 Å². The Hall–Kier alpha value is -5.97. The highest BCUT2D eigenvalue weighted by Crippen LogP contribution is 2.19. The van der Waals surface area contributed by atoms with Gasteiger partial charge in [-0.05, 0) is 47.5 Å². The molecule has 0 unspecified atom stereocenters. The number of carbonyl (C=O) groups excluding carboxylic acids is 3. The van der Waals surface area contributed by atoms with E-state index in [9.17, 15) is 14.4 Å². The Kier molecular flexibility index (Phi) is 8.43. The summed E-state index contributed by atoms with van der Waals surface area (Å²) in [6, 6.07) is 20.3. The number of aromatic nitrogens is 3. The molecule has 11 heteroatoms.